The van der Waals surface area contributed by atoms with E-state index in [9.17, 15) is 14.4 Å². The van der Waals surface area contributed by atoms with Crippen molar-refractivity contribution in [1.29, 1.82) is 0 Å². The summed E-state index contributed by atoms with van der Waals surface area (Å²) in [5.74, 6) is 0.397. The third-order valence-electron chi connectivity index (χ3n) is 7.69. The lowest BCUT2D eigenvalue weighted by atomic mass is 9.93. The van der Waals surface area contributed by atoms with Gasteiger partial charge in [0.1, 0.15) is 0 Å². The van der Waals surface area contributed by atoms with Gasteiger partial charge in [-0.2, -0.15) is 0 Å². The molecule has 0 saturated heterocycles. The van der Waals surface area contributed by atoms with Crippen molar-refractivity contribution >= 4 is 40.1 Å². The Kier molecular flexibility index (Phi) is 7.56. The number of benzene rings is 3. The number of esters is 1. The van der Waals surface area contributed by atoms with Crippen molar-refractivity contribution in [2.45, 2.75) is 13.0 Å². The molecule has 0 radical (unpaired) electrons. The third kappa shape index (κ3) is 4.75. The van der Waals surface area contributed by atoms with Crippen molar-refractivity contribution in [2.75, 3.05) is 20.8 Å². The Morgan fingerprint density at radius 3 is 2.36 bits per heavy atom. The van der Waals surface area contributed by atoms with E-state index in [1.807, 2.05) is 48.5 Å². The largest absolute Gasteiger partial charge is 0.493 e. The van der Waals surface area contributed by atoms with Gasteiger partial charge in [-0.05, 0) is 48.4 Å². The van der Waals surface area contributed by atoms with Gasteiger partial charge in [0, 0.05) is 19.7 Å². The number of imidazole rings is 1. The van der Waals surface area contributed by atoms with Crippen LogP contribution >= 0.6 is 11.3 Å². The second-order valence-corrected chi connectivity index (χ2v) is 11.2. The minimum atomic E-state index is -0.861. The molecule has 0 unspecified atom stereocenters. The molecule has 44 heavy (non-hydrogen) atoms. The van der Waals surface area contributed by atoms with E-state index in [1.54, 1.807) is 61.5 Å². The Bertz CT molecular complexity index is 2200. The smallest absolute Gasteiger partial charge is 0.338 e. The Hall–Kier alpha value is -5.16. The van der Waals surface area contributed by atoms with E-state index >= 15 is 0 Å². The van der Waals surface area contributed by atoms with E-state index in [4.69, 9.17) is 19.2 Å². The average molecular weight is 611 g/mol. The number of thiazole rings is 1. The van der Waals surface area contributed by atoms with E-state index in [2.05, 4.69) is 0 Å². The number of carbonyl (C=O) groups excluding carboxylic acids is 1. The van der Waals surface area contributed by atoms with E-state index in [-0.39, 0.29) is 23.4 Å². The topological polar surface area (TPSA) is 106 Å². The highest BCUT2D eigenvalue weighted by Crippen LogP contribution is 2.38. The molecule has 0 N–H and O–H groups in total. The van der Waals surface area contributed by atoms with Crippen LogP contribution in [-0.2, 0) is 23.6 Å². The SMILES string of the molecule is CCOC(=O)C1=C(c2ccccc2)N=c2s/c(=C/c3ccc4c(c3)n(C)c(=O)n4C)c(=O)n2[C@H]1c1ccc(OC)c(OC)c1. The maximum Gasteiger partial charge on any atom is 0.338 e. The minimum Gasteiger partial charge on any atom is -0.493 e. The van der Waals surface area contributed by atoms with Gasteiger partial charge in [0.15, 0.2) is 16.3 Å². The summed E-state index contributed by atoms with van der Waals surface area (Å²) < 4.78 is 21.7. The van der Waals surface area contributed by atoms with Gasteiger partial charge in [-0.1, -0.05) is 53.8 Å². The molecule has 11 heteroatoms. The van der Waals surface area contributed by atoms with Gasteiger partial charge >= 0.3 is 11.7 Å². The lowest BCUT2D eigenvalue weighted by Crippen LogP contribution is -2.40. The Morgan fingerprint density at radius 2 is 1.66 bits per heavy atom. The Labute approximate surface area is 256 Å². The molecule has 6 rings (SSSR count). The summed E-state index contributed by atoms with van der Waals surface area (Å²) in [5, 5.41) is 0. The highest BCUT2D eigenvalue weighted by atomic mass is 32.1. The number of methoxy groups -OCH3 is 2. The molecule has 3 aromatic carbocycles. The number of ether oxygens (including phenoxy) is 3. The Morgan fingerprint density at radius 1 is 0.932 bits per heavy atom. The van der Waals surface area contributed by atoms with Crippen LogP contribution in [0.4, 0.5) is 0 Å². The second kappa shape index (κ2) is 11.5. The molecule has 0 fully saturated rings. The van der Waals surface area contributed by atoms with E-state index < -0.39 is 12.0 Å². The normalized spacial score (nSPS) is 14.8. The van der Waals surface area contributed by atoms with Crippen LogP contribution in [0.25, 0.3) is 22.8 Å². The number of nitrogens with zero attached hydrogens (tertiary/aromatic N) is 4. The molecule has 1 aliphatic rings. The molecule has 0 saturated carbocycles. The van der Waals surface area contributed by atoms with Gasteiger partial charge in [0.25, 0.3) is 5.56 Å². The van der Waals surface area contributed by atoms with Crippen molar-refractivity contribution < 1.29 is 19.0 Å². The lowest BCUT2D eigenvalue weighted by molar-refractivity contribution is -0.138. The van der Waals surface area contributed by atoms with E-state index in [0.29, 0.717) is 37.7 Å². The second-order valence-electron chi connectivity index (χ2n) is 10.2. The number of hydrogen-bond donors (Lipinski definition) is 0. The van der Waals surface area contributed by atoms with Crippen molar-refractivity contribution in [2.24, 2.45) is 19.1 Å². The zero-order valence-corrected chi connectivity index (χ0v) is 25.7. The summed E-state index contributed by atoms with van der Waals surface area (Å²) in [6.45, 7) is 1.89. The summed E-state index contributed by atoms with van der Waals surface area (Å²) in [6.07, 6.45) is 1.78. The van der Waals surface area contributed by atoms with Crippen LogP contribution in [0.5, 0.6) is 11.5 Å². The molecule has 2 aromatic heterocycles. The highest BCUT2D eigenvalue weighted by molar-refractivity contribution is 7.07. The number of rotatable bonds is 7. The molecule has 3 heterocycles. The molecule has 0 aliphatic carbocycles. The monoisotopic (exact) mass is 610 g/mol. The van der Waals surface area contributed by atoms with Crippen LogP contribution in [0.3, 0.4) is 0 Å². The first-order chi connectivity index (χ1) is 21.3. The molecule has 0 amide bonds. The molecule has 1 aliphatic heterocycles. The summed E-state index contributed by atoms with van der Waals surface area (Å²) in [7, 11) is 6.52. The van der Waals surface area contributed by atoms with Gasteiger partial charge < -0.3 is 14.2 Å². The van der Waals surface area contributed by atoms with Crippen LogP contribution in [-0.4, -0.2) is 40.5 Å². The van der Waals surface area contributed by atoms with Crippen molar-refractivity contribution in [3.8, 4) is 11.5 Å². The first-order valence-corrected chi connectivity index (χ1v) is 14.7. The molecule has 0 spiro atoms. The summed E-state index contributed by atoms with van der Waals surface area (Å²) in [5.41, 5.74) is 3.85. The third-order valence-corrected chi connectivity index (χ3v) is 8.67. The maximum absolute atomic E-state index is 14.2. The molecular weight excluding hydrogens is 580 g/mol. The summed E-state index contributed by atoms with van der Waals surface area (Å²) in [4.78, 5) is 45.7. The maximum atomic E-state index is 14.2. The first kappa shape index (κ1) is 28.9. The molecule has 1 atom stereocenters. The van der Waals surface area contributed by atoms with Crippen LogP contribution < -0.4 is 30.1 Å². The predicted octanol–water partition coefficient (Wildman–Crippen LogP) is 3.14. The average Bonchev–Trinajstić information content (AvgIpc) is 3.47. The predicted molar refractivity (Wildman–Crippen MR) is 169 cm³/mol. The van der Waals surface area contributed by atoms with Crippen molar-refractivity contribution in [3.05, 3.63) is 119 Å². The molecule has 10 nitrogen and oxygen atoms in total. The first-order valence-electron chi connectivity index (χ1n) is 13.9. The highest BCUT2D eigenvalue weighted by Gasteiger charge is 2.35. The number of hydrogen-bond acceptors (Lipinski definition) is 8. The molecule has 0 bridgehead atoms. The van der Waals surface area contributed by atoms with Crippen LogP contribution in [0.1, 0.15) is 29.7 Å². The zero-order chi connectivity index (χ0) is 31.1. The number of carbonyl (C=O) groups is 1. The van der Waals surface area contributed by atoms with Gasteiger partial charge in [-0.3, -0.25) is 18.5 Å². The van der Waals surface area contributed by atoms with Crippen LogP contribution in [0, 0.1) is 0 Å². The van der Waals surface area contributed by atoms with E-state index in [1.165, 1.54) is 23.0 Å². The number of aryl methyl sites for hydroxylation is 2. The van der Waals surface area contributed by atoms with Crippen molar-refractivity contribution in [1.82, 2.24) is 13.7 Å². The van der Waals surface area contributed by atoms with E-state index in [0.717, 1.165) is 16.6 Å². The fourth-order valence-electron chi connectivity index (χ4n) is 5.54. The standard InChI is InChI=1S/C33H30N4O6S/c1-6-43-31(39)27-28(20-10-8-7-9-11-20)34-32-37(29(27)21-13-15-24(41-4)25(18-21)42-5)30(38)26(44-32)17-19-12-14-22-23(16-19)36(3)33(40)35(22)2/h7-18,29H,6H2,1-5H3/b26-17+/t29-/m0/s1. The van der Waals surface area contributed by atoms with Gasteiger partial charge in [0.05, 0.1) is 53.7 Å². The zero-order valence-electron chi connectivity index (χ0n) is 24.9. The Balaban J connectivity index is 1.64. The summed E-state index contributed by atoms with van der Waals surface area (Å²) in [6, 6.07) is 19.4. The minimum absolute atomic E-state index is 0.133. The fraction of sp³-hybridized carbons (Fsp3) is 0.212. The summed E-state index contributed by atoms with van der Waals surface area (Å²) >= 11 is 1.23. The van der Waals surface area contributed by atoms with Crippen LogP contribution in [0.15, 0.2) is 86.9 Å². The molecule has 224 valence electrons. The lowest BCUT2D eigenvalue weighted by Gasteiger charge is -2.26. The van der Waals surface area contributed by atoms with Gasteiger partial charge in [0.2, 0.25) is 0 Å². The molecule has 5 aromatic rings. The van der Waals surface area contributed by atoms with Crippen molar-refractivity contribution in [3.63, 3.8) is 0 Å². The molecular formula is C33H30N4O6S. The number of aromatic nitrogens is 3. The van der Waals surface area contributed by atoms with Crippen LogP contribution in [0.2, 0.25) is 0 Å². The fourth-order valence-corrected chi connectivity index (χ4v) is 6.54. The number of fused-ring (bicyclic) bond motifs is 2. The van der Waals surface area contributed by atoms with Gasteiger partial charge in [-0.15, -0.1) is 0 Å². The quantitative estimate of drug-likeness (QED) is 0.262. The van der Waals surface area contributed by atoms with Gasteiger partial charge in [-0.25, -0.2) is 14.6 Å².